The number of carbonyl (C=O) groups excluding carboxylic acids is 2. The van der Waals surface area contributed by atoms with Gasteiger partial charge in [-0.05, 0) is 41.8 Å². The fourth-order valence-corrected chi connectivity index (χ4v) is 5.31. The van der Waals surface area contributed by atoms with Gasteiger partial charge in [-0.1, -0.05) is 90.3 Å². The minimum absolute atomic E-state index is 0.00543. The second kappa shape index (κ2) is 14.0. The van der Waals surface area contributed by atoms with Crippen LogP contribution in [0.5, 0.6) is 0 Å². The monoisotopic (exact) mass is 609 g/mol. The SMILES string of the molecule is CCCNC(=O)[C@H](Cc1ccccc1)N(Cc1ccccc1Cl)C(=O)CN(c1ccc(Cl)c(Cl)c1)S(C)(=O)=O. The van der Waals surface area contributed by atoms with Gasteiger partial charge in [0.25, 0.3) is 0 Å². The number of sulfonamides is 1. The first-order valence-corrected chi connectivity index (χ1v) is 15.3. The third-order valence-corrected chi connectivity index (χ3v) is 8.24. The largest absolute Gasteiger partial charge is 0.354 e. The fraction of sp³-hybridized carbons (Fsp3) is 0.286. The molecule has 3 aromatic carbocycles. The van der Waals surface area contributed by atoms with Crippen LogP contribution in [0.3, 0.4) is 0 Å². The van der Waals surface area contributed by atoms with Crippen LogP contribution < -0.4 is 9.62 Å². The topological polar surface area (TPSA) is 86.8 Å². The van der Waals surface area contributed by atoms with Crippen molar-refractivity contribution in [3.63, 3.8) is 0 Å². The van der Waals surface area contributed by atoms with Gasteiger partial charge >= 0.3 is 0 Å². The van der Waals surface area contributed by atoms with Crippen LogP contribution in [-0.2, 0) is 32.6 Å². The molecule has 11 heteroatoms. The minimum atomic E-state index is -3.92. The second-order valence-electron chi connectivity index (χ2n) is 8.98. The Morgan fingerprint density at radius 2 is 1.56 bits per heavy atom. The average molecular weight is 611 g/mol. The molecular formula is C28H30Cl3N3O4S. The fourth-order valence-electron chi connectivity index (χ4n) is 3.98. The van der Waals surface area contributed by atoms with Gasteiger partial charge < -0.3 is 10.2 Å². The van der Waals surface area contributed by atoms with Gasteiger partial charge in [-0.25, -0.2) is 8.42 Å². The van der Waals surface area contributed by atoms with Gasteiger partial charge in [-0.3, -0.25) is 13.9 Å². The van der Waals surface area contributed by atoms with Crippen LogP contribution >= 0.6 is 34.8 Å². The average Bonchev–Trinajstić information content (AvgIpc) is 2.90. The molecule has 0 heterocycles. The maximum Gasteiger partial charge on any atom is 0.244 e. The molecule has 2 amide bonds. The predicted molar refractivity (Wildman–Crippen MR) is 158 cm³/mol. The van der Waals surface area contributed by atoms with Crippen molar-refractivity contribution in [1.29, 1.82) is 0 Å². The number of hydrogen-bond donors (Lipinski definition) is 1. The maximum absolute atomic E-state index is 14.0. The lowest BCUT2D eigenvalue weighted by Crippen LogP contribution is -2.53. The molecule has 0 saturated carbocycles. The molecule has 0 fully saturated rings. The summed E-state index contributed by atoms with van der Waals surface area (Å²) in [5.74, 6) is -0.930. The predicted octanol–water partition coefficient (Wildman–Crippen LogP) is 5.58. The summed E-state index contributed by atoms with van der Waals surface area (Å²) in [6.07, 6.45) is 1.93. The highest BCUT2D eigenvalue weighted by atomic mass is 35.5. The summed E-state index contributed by atoms with van der Waals surface area (Å²) in [4.78, 5) is 28.8. The molecule has 1 N–H and O–H groups in total. The van der Waals surface area contributed by atoms with Gasteiger partial charge in [-0.2, -0.15) is 0 Å². The number of nitrogens with zero attached hydrogens (tertiary/aromatic N) is 2. The Morgan fingerprint density at radius 1 is 0.897 bits per heavy atom. The van der Waals surface area contributed by atoms with E-state index in [1.807, 2.05) is 37.3 Å². The second-order valence-corrected chi connectivity index (χ2v) is 12.1. The van der Waals surface area contributed by atoms with E-state index in [1.54, 1.807) is 24.3 Å². The summed E-state index contributed by atoms with van der Waals surface area (Å²) in [5, 5.41) is 3.70. The van der Waals surface area contributed by atoms with Crippen LogP contribution in [0, 0.1) is 0 Å². The van der Waals surface area contributed by atoms with E-state index in [0.717, 1.165) is 16.1 Å². The Balaban J connectivity index is 2.06. The van der Waals surface area contributed by atoms with Gasteiger partial charge in [-0.15, -0.1) is 0 Å². The van der Waals surface area contributed by atoms with E-state index in [4.69, 9.17) is 34.8 Å². The van der Waals surface area contributed by atoms with E-state index >= 15 is 0 Å². The standard InChI is InChI=1S/C28H30Cl3N3O4S/c1-3-15-32-28(36)26(16-20-9-5-4-6-10-20)33(18-21-11-7-8-12-23(21)29)27(35)19-34(39(2,37)38)22-13-14-24(30)25(31)17-22/h4-14,17,26H,3,15-16,18-19H2,1-2H3,(H,32,36)/t26-/m0/s1. The van der Waals surface area contributed by atoms with E-state index in [2.05, 4.69) is 5.32 Å². The quantitative estimate of drug-likeness (QED) is 0.290. The Hall–Kier alpha value is -2.78. The molecule has 0 spiro atoms. The number of benzene rings is 3. The molecule has 0 aliphatic carbocycles. The first kappa shape index (κ1) is 30.8. The number of amides is 2. The first-order chi connectivity index (χ1) is 18.5. The summed E-state index contributed by atoms with van der Waals surface area (Å²) < 4.78 is 26.6. The summed E-state index contributed by atoms with van der Waals surface area (Å²) in [7, 11) is -3.92. The Labute approximate surface area is 244 Å². The molecule has 0 saturated heterocycles. The minimum Gasteiger partial charge on any atom is -0.354 e. The van der Waals surface area contributed by atoms with Gasteiger partial charge in [0.1, 0.15) is 12.6 Å². The molecule has 3 rings (SSSR count). The van der Waals surface area contributed by atoms with E-state index in [0.29, 0.717) is 23.6 Å². The van der Waals surface area contributed by atoms with Crippen molar-refractivity contribution in [3.05, 3.63) is 99.0 Å². The van der Waals surface area contributed by atoms with E-state index in [1.165, 1.54) is 23.1 Å². The molecule has 39 heavy (non-hydrogen) atoms. The van der Waals surface area contributed by atoms with Crippen molar-refractivity contribution in [2.75, 3.05) is 23.7 Å². The van der Waals surface area contributed by atoms with Gasteiger partial charge in [0, 0.05) is 24.5 Å². The first-order valence-electron chi connectivity index (χ1n) is 12.3. The van der Waals surface area contributed by atoms with Crippen molar-refractivity contribution < 1.29 is 18.0 Å². The van der Waals surface area contributed by atoms with Crippen LogP contribution in [0.4, 0.5) is 5.69 Å². The number of nitrogens with one attached hydrogen (secondary N) is 1. The molecule has 7 nitrogen and oxygen atoms in total. The molecule has 3 aromatic rings. The molecule has 0 radical (unpaired) electrons. The van der Waals surface area contributed by atoms with Gasteiger partial charge in [0.15, 0.2) is 0 Å². The lowest BCUT2D eigenvalue weighted by molar-refractivity contribution is -0.140. The van der Waals surface area contributed by atoms with E-state index < -0.39 is 28.5 Å². The highest BCUT2D eigenvalue weighted by molar-refractivity contribution is 7.92. The lowest BCUT2D eigenvalue weighted by Gasteiger charge is -2.33. The van der Waals surface area contributed by atoms with Crippen LogP contribution in [-0.4, -0.2) is 50.5 Å². The van der Waals surface area contributed by atoms with Crippen LogP contribution in [0.25, 0.3) is 0 Å². The smallest absolute Gasteiger partial charge is 0.244 e. The summed E-state index contributed by atoms with van der Waals surface area (Å²) in [5.41, 5.74) is 1.64. The highest BCUT2D eigenvalue weighted by Gasteiger charge is 2.33. The summed E-state index contributed by atoms with van der Waals surface area (Å²) in [6.45, 7) is 1.79. The molecule has 208 valence electrons. The van der Waals surface area contributed by atoms with Gasteiger partial charge in [0.2, 0.25) is 21.8 Å². The number of rotatable bonds is 12. The number of anilines is 1. The molecule has 1 atom stereocenters. The molecular weight excluding hydrogens is 581 g/mol. The number of hydrogen-bond acceptors (Lipinski definition) is 4. The highest BCUT2D eigenvalue weighted by Crippen LogP contribution is 2.29. The zero-order valence-corrected chi connectivity index (χ0v) is 24.7. The molecule has 0 aliphatic rings. The third-order valence-electron chi connectivity index (χ3n) is 5.99. The Morgan fingerprint density at radius 3 is 2.18 bits per heavy atom. The van der Waals surface area contributed by atoms with Gasteiger partial charge in [0.05, 0.1) is 22.0 Å². The summed E-state index contributed by atoms with van der Waals surface area (Å²) >= 11 is 18.6. The van der Waals surface area contributed by atoms with Crippen molar-refractivity contribution in [2.45, 2.75) is 32.4 Å². The normalized spacial score (nSPS) is 12.0. The molecule has 0 bridgehead atoms. The third kappa shape index (κ3) is 8.60. The van der Waals surface area contributed by atoms with Crippen molar-refractivity contribution >= 4 is 62.3 Å². The molecule has 0 aliphatic heterocycles. The van der Waals surface area contributed by atoms with E-state index in [9.17, 15) is 18.0 Å². The molecule has 0 unspecified atom stereocenters. The van der Waals surface area contributed by atoms with Crippen LogP contribution in [0.2, 0.25) is 15.1 Å². The summed E-state index contributed by atoms with van der Waals surface area (Å²) in [6, 6.07) is 19.7. The Kier molecular flexibility index (Phi) is 11.1. The zero-order valence-electron chi connectivity index (χ0n) is 21.6. The molecule has 0 aromatic heterocycles. The maximum atomic E-state index is 14.0. The van der Waals surface area contributed by atoms with Crippen molar-refractivity contribution in [2.24, 2.45) is 0 Å². The number of carbonyl (C=O) groups is 2. The van der Waals surface area contributed by atoms with E-state index in [-0.39, 0.29) is 34.6 Å². The van der Waals surface area contributed by atoms with Crippen molar-refractivity contribution in [1.82, 2.24) is 10.2 Å². The lowest BCUT2D eigenvalue weighted by atomic mass is 10.0. The van der Waals surface area contributed by atoms with Crippen molar-refractivity contribution in [3.8, 4) is 0 Å². The number of halogens is 3. The zero-order chi connectivity index (χ0) is 28.6. The van der Waals surface area contributed by atoms with Crippen LogP contribution in [0.15, 0.2) is 72.8 Å². The van der Waals surface area contributed by atoms with Crippen LogP contribution in [0.1, 0.15) is 24.5 Å². The Bertz CT molecular complexity index is 1400.